The fraction of sp³-hybridized carbons (Fsp3) is 0.269. The van der Waals surface area contributed by atoms with Crippen LogP contribution < -0.4 is 10.1 Å². The molecule has 0 aliphatic rings. The summed E-state index contributed by atoms with van der Waals surface area (Å²) in [6.07, 6.45) is 0.404. The average Bonchev–Trinajstić information content (AvgIpc) is 2.90. The van der Waals surface area contributed by atoms with Gasteiger partial charge in [-0.15, -0.1) is 0 Å². The lowest BCUT2D eigenvalue weighted by molar-refractivity contribution is -0.122. The van der Waals surface area contributed by atoms with E-state index >= 15 is 0 Å². The summed E-state index contributed by atoms with van der Waals surface area (Å²) in [5, 5.41) is 24.0. The number of pyridine rings is 1. The molecule has 12 heteroatoms. The lowest BCUT2D eigenvalue weighted by Crippen LogP contribution is -2.53. The lowest BCUT2D eigenvalue weighted by atomic mass is 9.82. The first kappa shape index (κ1) is 29.2. The molecule has 0 aliphatic carbocycles. The highest BCUT2D eigenvalue weighted by atomic mass is 35.5. The van der Waals surface area contributed by atoms with Crippen LogP contribution in [0.4, 0.5) is 8.78 Å². The Hall–Kier alpha value is -3.31. The first-order valence-corrected chi connectivity index (χ1v) is 11.9. The van der Waals surface area contributed by atoms with Gasteiger partial charge in [-0.1, -0.05) is 35.3 Å². The Bertz CT molecular complexity index is 1310. The number of amides is 1. The number of methoxy groups -OCH3 is 1. The summed E-state index contributed by atoms with van der Waals surface area (Å²) in [6, 6.07) is 8.43. The minimum Gasteiger partial charge on any atom is -0.503 e. The van der Waals surface area contributed by atoms with E-state index in [2.05, 4.69) is 10.3 Å². The number of nitrogens with one attached hydrogen (secondary N) is 1. The molecule has 0 saturated heterocycles. The van der Waals surface area contributed by atoms with Gasteiger partial charge >= 0.3 is 0 Å². The van der Waals surface area contributed by atoms with Gasteiger partial charge in [0.25, 0.3) is 5.91 Å². The minimum atomic E-state index is -2.14. The Kier molecular flexibility index (Phi) is 8.94. The minimum absolute atomic E-state index is 0.00159. The van der Waals surface area contributed by atoms with Crippen LogP contribution in [0.1, 0.15) is 35.5 Å². The van der Waals surface area contributed by atoms with Crippen LogP contribution in [0.3, 0.4) is 0 Å². The smallest absolute Gasteiger partial charge is 0.274 e. The van der Waals surface area contributed by atoms with Gasteiger partial charge in [-0.3, -0.25) is 4.79 Å². The van der Waals surface area contributed by atoms with Crippen LogP contribution in [-0.2, 0) is 15.1 Å². The van der Waals surface area contributed by atoms with Gasteiger partial charge in [-0.2, -0.15) is 0 Å². The summed E-state index contributed by atoms with van der Waals surface area (Å²) >= 11 is 11.6. The molecule has 38 heavy (non-hydrogen) atoms. The molecule has 1 heterocycles. The summed E-state index contributed by atoms with van der Waals surface area (Å²) in [4.78, 5) is 28.6. The summed E-state index contributed by atoms with van der Waals surface area (Å²) in [7, 11) is 1.29. The monoisotopic (exact) mass is 568 g/mol. The SMILES string of the molecule is COc1ccnc(C(=O)N[C@](C)(C=O)CO[C@@H](C)C(O)(c2ccc(Cl)c(F)c2)c2ccc(Cl)c(F)c2)c1O. The Labute approximate surface area is 227 Å². The molecule has 0 saturated carbocycles. The third-order valence-corrected chi connectivity index (χ3v) is 6.54. The number of aromatic nitrogens is 1. The van der Waals surface area contributed by atoms with Gasteiger partial charge in [-0.05, 0) is 49.2 Å². The molecule has 0 aliphatic heterocycles. The van der Waals surface area contributed by atoms with E-state index in [1.165, 1.54) is 57.5 Å². The number of aliphatic hydroxyl groups is 1. The molecule has 3 aromatic rings. The molecule has 2 atom stereocenters. The molecule has 0 bridgehead atoms. The number of nitrogens with zero attached hydrogens (tertiary/aromatic N) is 1. The van der Waals surface area contributed by atoms with Gasteiger partial charge in [0, 0.05) is 12.3 Å². The van der Waals surface area contributed by atoms with Gasteiger partial charge < -0.3 is 29.8 Å². The third kappa shape index (κ3) is 5.88. The zero-order valence-corrected chi connectivity index (χ0v) is 22.0. The molecule has 0 radical (unpaired) electrons. The second kappa shape index (κ2) is 11.6. The summed E-state index contributed by atoms with van der Waals surface area (Å²) in [5.41, 5.74) is -4.24. The predicted octanol–water partition coefficient (Wildman–Crippen LogP) is 4.41. The predicted molar refractivity (Wildman–Crippen MR) is 136 cm³/mol. The number of rotatable bonds is 10. The van der Waals surface area contributed by atoms with E-state index in [0.29, 0.717) is 6.29 Å². The first-order valence-electron chi connectivity index (χ1n) is 11.1. The first-order chi connectivity index (χ1) is 17.9. The zero-order chi connectivity index (χ0) is 28.3. The van der Waals surface area contributed by atoms with Crippen LogP contribution in [0.15, 0.2) is 48.7 Å². The number of aldehydes is 1. The molecule has 0 spiro atoms. The fourth-order valence-electron chi connectivity index (χ4n) is 3.71. The van der Waals surface area contributed by atoms with Crippen molar-refractivity contribution in [2.24, 2.45) is 0 Å². The molecule has 2 aromatic carbocycles. The highest BCUT2D eigenvalue weighted by Crippen LogP contribution is 2.37. The van der Waals surface area contributed by atoms with Crippen molar-refractivity contribution in [3.8, 4) is 11.5 Å². The van der Waals surface area contributed by atoms with Crippen molar-refractivity contribution in [1.29, 1.82) is 0 Å². The molecule has 3 rings (SSSR count). The van der Waals surface area contributed by atoms with E-state index in [1.807, 2.05) is 0 Å². The number of halogens is 4. The normalized spacial score (nSPS) is 13.9. The molecule has 0 unspecified atom stereocenters. The highest BCUT2D eigenvalue weighted by Gasteiger charge is 2.41. The Balaban J connectivity index is 1.91. The molecule has 1 amide bonds. The molecule has 8 nitrogen and oxygen atoms in total. The van der Waals surface area contributed by atoms with Crippen molar-refractivity contribution >= 4 is 35.4 Å². The van der Waals surface area contributed by atoms with Crippen LogP contribution in [0.2, 0.25) is 10.0 Å². The zero-order valence-electron chi connectivity index (χ0n) is 20.5. The van der Waals surface area contributed by atoms with Gasteiger partial charge in [0.05, 0.1) is 29.9 Å². The largest absolute Gasteiger partial charge is 0.503 e. The Morgan fingerprint density at radius 1 is 1.13 bits per heavy atom. The van der Waals surface area contributed by atoms with Crippen LogP contribution in [0, 0.1) is 11.6 Å². The fourth-order valence-corrected chi connectivity index (χ4v) is 3.94. The lowest BCUT2D eigenvalue weighted by Gasteiger charge is -2.37. The van der Waals surface area contributed by atoms with Crippen LogP contribution >= 0.6 is 23.2 Å². The second-order valence-corrected chi connectivity index (χ2v) is 9.49. The van der Waals surface area contributed by atoms with Gasteiger partial charge in [-0.25, -0.2) is 13.8 Å². The van der Waals surface area contributed by atoms with E-state index in [0.717, 1.165) is 12.1 Å². The van der Waals surface area contributed by atoms with Gasteiger partial charge in [0.15, 0.2) is 17.2 Å². The Morgan fingerprint density at radius 2 is 1.68 bits per heavy atom. The number of benzene rings is 2. The van der Waals surface area contributed by atoms with Crippen molar-refractivity contribution in [3.63, 3.8) is 0 Å². The maximum atomic E-state index is 14.3. The van der Waals surface area contributed by atoms with E-state index in [4.69, 9.17) is 32.7 Å². The molecule has 0 fully saturated rings. The summed E-state index contributed by atoms with van der Waals surface area (Å²) in [6.45, 7) is 2.27. The summed E-state index contributed by atoms with van der Waals surface area (Å²) in [5.74, 6) is -3.10. The quantitative estimate of drug-likeness (QED) is 0.310. The van der Waals surface area contributed by atoms with Crippen molar-refractivity contribution < 1.29 is 38.1 Å². The molecule has 202 valence electrons. The number of carbonyl (C=O) groups is 2. The second-order valence-electron chi connectivity index (χ2n) is 8.68. The maximum Gasteiger partial charge on any atom is 0.274 e. The van der Waals surface area contributed by atoms with Crippen molar-refractivity contribution in [1.82, 2.24) is 10.3 Å². The molecule has 3 N–H and O–H groups in total. The number of aromatic hydroxyl groups is 1. The number of ether oxygens (including phenoxy) is 2. The van der Waals surface area contributed by atoms with Crippen LogP contribution in [-0.4, -0.2) is 52.7 Å². The topological polar surface area (TPSA) is 118 Å². The Morgan fingerprint density at radius 3 is 2.16 bits per heavy atom. The van der Waals surface area contributed by atoms with Crippen molar-refractivity contribution in [2.45, 2.75) is 31.1 Å². The maximum absolute atomic E-state index is 14.3. The van der Waals surface area contributed by atoms with E-state index in [9.17, 15) is 28.6 Å². The van der Waals surface area contributed by atoms with Crippen LogP contribution in [0.25, 0.3) is 0 Å². The van der Waals surface area contributed by atoms with E-state index in [-0.39, 0.29) is 26.9 Å². The third-order valence-electron chi connectivity index (χ3n) is 5.92. The van der Waals surface area contributed by atoms with Crippen molar-refractivity contribution in [2.75, 3.05) is 13.7 Å². The average molecular weight is 569 g/mol. The van der Waals surface area contributed by atoms with Gasteiger partial charge in [0.2, 0.25) is 0 Å². The number of carbonyl (C=O) groups excluding carboxylic acids is 2. The van der Waals surface area contributed by atoms with Gasteiger partial charge in [0.1, 0.15) is 29.1 Å². The van der Waals surface area contributed by atoms with E-state index in [1.54, 1.807) is 0 Å². The molecular formula is C26H24Cl2F2N2O6. The standard InChI is InChI=1S/C26H24Cl2F2N2O6/c1-14(38-13-25(2,12-33)32-24(35)22-23(34)21(37-3)8-9-31-22)26(36,15-4-6-17(27)19(29)10-15)16-5-7-18(28)20(30)11-16/h4-12,14,34,36H,13H2,1-3H3,(H,32,35)/t14-,25+/m0/s1. The van der Waals surface area contributed by atoms with E-state index < -0.39 is 52.8 Å². The molecule has 1 aromatic heterocycles. The molecular weight excluding hydrogens is 545 g/mol. The van der Waals surface area contributed by atoms with Crippen molar-refractivity contribution in [3.05, 3.63) is 87.2 Å². The number of hydrogen-bond acceptors (Lipinski definition) is 7. The summed E-state index contributed by atoms with van der Waals surface area (Å²) < 4.78 is 39.5. The number of hydrogen-bond donors (Lipinski definition) is 3. The van der Waals surface area contributed by atoms with Crippen LogP contribution in [0.5, 0.6) is 11.5 Å². The highest BCUT2D eigenvalue weighted by molar-refractivity contribution is 6.31.